The monoisotopic (exact) mass is 450 g/mol. The molecule has 1 amide bonds. The van der Waals surface area contributed by atoms with Crippen LogP contribution >= 0.6 is 0 Å². The zero-order chi connectivity index (χ0) is 24.1. The summed E-state index contributed by atoms with van der Waals surface area (Å²) < 4.78 is 6.84. The van der Waals surface area contributed by atoms with E-state index < -0.39 is 11.9 Å². The number of imidazole rings is 1. The van der Waals surface area contributed by atoms with Crippen molar-refractivity contribution >= 4 is 29.3 Å². The second kappa shape index (κ2) is 9.84. The van der Waals surface area contributed by atoms with Crippen molar-refractivity contribution in [2.75, 3.05) is 11.9 Å². The average molecular weight is 450 g/mol. The summed E-state index contributed by atoms with van der Waals surface area (Å²) in [4.78, 5) is 29.5. The van der Waals surface area contributed by atoms with Crippen molar-refractivity contribution in [2.24, 2.45) is 0 Å². The third-order valence-electron chi connectivity index (χ3n) is 5.23. The normalized spacial score (nSPS) is 11.1. The van der Waals surface area contributed by atoms with Gasteiger partial charge in [-0.3, -0.25) is 9.20 Å². The van der Waals surface area contributed by atoms with E-state index in [0.29, 0.717) is 22.6 Å². The summed E-state index contributed by atoms with van der Waals surface area (Å²) in [5, 5.41) is 12.5. The number of amides is 1. The molecule has 168 valence electrons. The van der Waals surface area contributed by atoms with Crippen LogP contribution in [0.5, 0.6) is 0 Å². The second-order valence-corrected chi connectivity index (χ2v) is 7.52. The minimum atomic E-state index is -0.562. The van der Waals surface area contributed by atoms with Gasteiger partial charge in [-0.1, -0.05) is 36.4 Å². The first-order valence-corrected chi connectivity index (χ1v) is 10.7. The molecule has 4 aromatic rings. The molecule has 2 heterocycles. The van der Waals surface area contributed by atoms with E-state index in [0.717, 1.165) is 16.8 Å². The van der Waals surface area contributed by atoms with E-state index in [-0.39, 0.29) is 12.2 Å². The van der Waals surface area contributed by atoms with Gasteiger partial charge in [0.15, 0.2) is 0 Å². The van der Waals surface area contributed by atoms with Crippen LogP contribution in [0.2, 0.25) is 0 Å². The van der Waals surface area contributed by atoms with Crippen molar-refractivity contribution in [1.82, 2.24) is 9.38 Å². The number of benzene rings is 2. The van der Waals surface area contributed by atoms with Crippen molar-refractivity contribution < 1.29 is 14.3 Å². The van der Waals surface area contributed by atoms with Gasteiger partial charge in [-0.05, 0) is 55.8 Å². The van der Waals surface area contributed by atoms with E-state index in [2.05, 4.69) is 5.32 Å². The number of anilines is 1. The highest BCUT2D eigenvalue weighted by Gasteiger charge is 2.17. The summed E-state index contributed by atoms with van der Waals surface area (Å²) in [7, 11) is 0. The second-order valence-electron chi connectivity index (χ2n) is 7.52. The standard InChI is InChI=1S/C27H22N4O3/c1-3-34-27(33)20-11-13-22(14-12-20)29-26(32)21(17-28)16-23-24(19-9-5-4-6-10-19)30-25-18(2)8-7-15-31(23)25/h4-16H,3H2,1-2H3,(H,29,32). The predicted octanol–water partition coefficient (Wildman–Crippen LogP) is 5.03. The van der Waals surface area contributed by atoms with Crippen LogP contribution in [-0.2, 0) is 9.53 Å². The van der Waals surface area contributed by atoms with Crippen molar-refractivity contribution in [3.8, 4) is 17.3 Å². The molecule has 0 atom stereocenters. The lowest BCUT2D eigenvalue weighted by Gasteiger charge is -2.07. The van der Waals surface area contributed by atoms with Gasteiger partial charge in [0.2, 0.25) is 0 Å². The molecule has 0 fully saturated rings. The van der Waals surface area contributed by atoms with Crippen LogP contribution in [-0.4, -0.2) is 27.9 Å². The van der Waals surface area contributed by atoms with Gasteiger partial charge < -0.3 is 10.1 Å². The van der Waals surface area contributed by atoms with Crippen LogP contribution in [0.25, 0.3) is 23.0 Å². The van der Waals surface area contributed by atoms with Crippen molar-refractivity contribution in [3.63, 3.8) is 0 Å². The van der Waals surface area contributed by atoms with Crippen LogP contribution in [0.4, 0.5) is 5.69 Å². The number of carbonyl (C=O) groups excluding carboxylic acids is 2. The summed E-state index contributed by atoms with van der Waals surface area (Å²) in [5.74, 6) is -0.998. The first-order chi connectivity index (χ1) is 16.5. The summed E-state index contributed by atoms with van der Waals surface area (Å²) in [6, 6.07) is 21.8. The summed E-state index contributed by atoms with van der Waals surface area (Å²) >= 11 is 0. The van der Waals surface area contributed by atoms with E-state index in [1.807, 2.05) is 66.1 Å². The maximum Gasteiger partial charge on any atom is 0.338 e. The number of rotatable bonds is 6. The number of aryl methyl sites for hydroxylation is 1. The molecule has 7 nitrogen and oxygen atoms in total. The molecule has 0 saturated heterocycles. The van der Waals surface area contributed by atoms with E-state index in [9.17, 15) is 14.9 Å². The largest absolute Gasteiger partial charge is 0.462 e. The number of esters is 1. The van der Waals surface area contributed by atoms with E-state index >= 15 is 0 Å². The van der Waals surface area contributed by atoms with Gasteiger partial charge in [-0.2, -0.15) is 5.26 Å². The predicted molar refractivity (Wildman–Crippen MR) is 130 cm³/mol. The Morgan fingerprint density at radius 2 is 1.82 bits per heavy atom. The zero-order valence-electron chi connectivity index (χ0n) is 18.8. The van der Waals surface area contributed by atoms with Gasteiger partial charge in [0.05, 0.1) is 23.6 Å². The molecule has 0 radical (unpaired) electrons. The zero-order valence-corrected chi connectivity index (χ0v) is 18.8. The molecular formula is C27H22N4O3. The van der Waals surface area contributed by atoms with Crippen LogP contribution in [0.15, 0.2) is 78.5 Å². The molecule has 2 aromatic heterocycles. The first kappa shape index (κ1) is 22.5. The quantitative estimate of drug-likeness (QED) is 0.252. The molecule has 0 saturated carbocycles. The number of carbonyl (C=O) groups is 2. The molecule has 0 aliphatic rings. The minimum absolute atomic E-state index is 0.0741. The molecule has 34 heavy (non-hydrogen) atoms. The number of nitrogens with one attached hydrogen (secondary N) is 1. The smallest absolute Gasteiger partial charge is 0.338 e. The lowest BCUT2D eigenvalue weighted by molar-refractivity contribution is -0.112. The molecular weight excluding hydrogens is 428 g/mol. The summed E-state index contributed by atoms with van der Waals surface area (Å²) in [6.45, 7) is 3.97. The topological polar surface area (TPSA) is 96.5 Å². The fourth-order valence-electron chi connectivity index (χ4n) is 3.56. The van der Waals surface area contributed by atoms with Gasteiger partial charge in [-0.25, -0.2) is 9.78 Å². The van der Waals surface area contributed by atoms with Gasteiger partial charge in [0.25, 0.3) is 5.91 Å². The lowest BCUT2D eigenvalue weighted by atomic mass is 10.1. The van der Waals surface area contributed by atoms with E-state index in [4.69, 9.17) is 9.72 Å². The number of ether oxygens (including phenoxy) is 1. The maximum absolute atomic E-state index is 12.9. The Morgan fingerprint density at radius 1 is 1.09 bits per heavy atom. The molecule has 2 aromatic carbocycles. The maximum atomic E-state index is 12.9. The number of aromatic nitrogens is 2. The van der Waals surface area contributed by atoms with Crippen LogP contribution in [0.3, 0.4) is 0 Å². The SMILES string of the molecule is CCOC(=O)c1ccc(NC(=O)C(C#N)=Cc2c(-c3ccccc3)nc3c(C)cccn23)cc1. The number of nitrogens with zero attached hydrogens (tertiary/aromatic N) is 3. The van der Waals surface area contributed by atoms with Crippen molar-refractivity contribution in [1.29, 1.82) is 5.26 Å². The number of nitriles is 1. The number of hydrogen-bond donors (Lipinski definition) is 1. The highest BCUT2D eigenvalue weighted by atomic mass is 16.5. The first-order valence-electron chi connectivity index (χ1n) is 10.7. The fraction of sp³-hybridized carbons (Fsp3) is 0.111. The molecule has 0 spiro atoms. The highest BCUT2D eigenvalue weighted by Crippen LogP contribution is 2.27. The van der Waals surface area contributed by atoms with E-state index in [1.54, 1.807) is 37.3 Å². The molecule has 0 unspecified atom stereocenters. The summed E-state index contributed by atoms with van der Waals surface area (Å²) in [5.41, 5.74) is 4.67. The van der Waals surface area contributed by atoms with Crippen LogP contribution in [0, 0.1) is 18.3 Å². The van der Waals surface area contributed by atoms with Crippen LogP contribution in [0.1, 0.15) is 28.5 Å². The van der Waals surface area contributed by atoms with Crippen LogP contribution < -0.4 is 5.32 Å². The molecule has 0 aliphatic heterocycles. The van der Waals surface area contributed by atoms with Crippen molar-refractivity contribution in [2.45, 2.75) is 13.8 Å². The molecule has 1 N–H and O–H groups in total. The Hall–Kier alpha value is -4.70. The Morgan fingerprint density at radius 3 is 2.50 bits per heavy atom. The summed E-state index contributed by atoms with van der Waals surface area (Å²) in [6.07, 6.45) is 3.40. The molecule has 0 bridgehead atoms. The molecule has 0 aliphatic carbocycles. The molecule has 7 heteroatoms. The van der Waals surface area contributed by atoms with Gasteiger partial charge >= 0.3 is 5.97 Å². The van der Waals surface area contributed by atoms with Gasteiger partial charge in [0.1, 0.15) is 17.3 Å². The fourth-order valence-corrected chi connectivity index (χ4v) is 3.56. The Labute approximate surface area is 196 Å². The minimum Gasteiger partial charge on any atom is -0.462 e. The number of fused-ring (bicyclic) bond motifs is 1. The van der Waals surface area contributed by atoms with E-state index in [1.165, 1.54) is 0 Å². The lowest BCUT2D eigenvalue weighted by Crippen LogP contribution is -2.14. The Balaban J connectivity index is 1.69. The average Bonchev–Trinajstić information content (AvgIpc) is 3.23. The third-order valence-corrected chi connectivity index (χ3v) is 5.23. The number of hydrogen-bond acceptors (Lipinski definition) is 5. The van der Waals surface area contributed by atoms with Gasteiger partial charge in [-0.15, -0.1) is 0 Å². The highest BCUT2D eigenvalue weighted by molar-refractivity contribution is 6.10. The Kier molecular flexibility index (Phi) is 6.51. The van der Waals surface area contributed by atoms with Crippen molar-refractivity contribution in [3.05, 3.63) is 95.3 Å². The molecule has 4 rings (SSSR count). The number of pyridine rings is 1. The third kappa shape index (κ3) is 4.57. The Bertz CT molecular complexity index is 1430. The van der Waals surface area contributed by atoms with Gasteiger partial charge in [0, 0.05) is 17.4 Å².